The number of nitrogens with two attached hydrogens (primary N) is 1. The summed E-state index contributed by atoms with van der Waals surface area (Å²) in [5.74, 6) is 0.0702. The van der Waals surface area contributed by atoms with Gasteiger partial charge < -0.3 is 10.2 Å². The highest BCUT2D eigenvalue weighted by Crippen LogP contribution is 2.18. The first-order chi connectivity index (χ1) is 6.80. The van der Waals surface area contributed by atoms with Crippen LogP contribution in [0.25, 0.3) is 0 Å². The molecule has 0 radical (unpaired) electrons. The number of hydrogen-bond acceptors (Lipinski definition) is 5. The van der Waals surface area contributed by atoms with E-state index in [4.69, 9.17) is 10.2 Å². The Hall–Kier alpha value is -1.43. The standard InChI is InChI=1S/C9H16N4O2/c1-5-12-13-8(15-5)11-7(14)6(10)9(2,3)4/h6H,10H2,1-4H3,(H,11,13,14)/t6-/m1/s1. The summed E-state index contributed by atoms with van der Waals surface area (Å²) in [5.41, 5.74) is 5.44. The highest BCUT2D eigenvalue weighted by Gasteiger charge is 2.28. The van der Waals surface area contributed by atoms with Crippen molar-refractivity contribution in [2.75, 3.05) is 5.32 Å². The van der Waals surface area contributed by atoms with Crippen LogP contribution in [0, 0.1) is 12.3 Å². The molecule has 0 aliphatic carbocycles. The van der Waals surface area contributed by atoms with E-state index in [-0.39, 0.29) is 17.3 Å². The van der Waals surface area contributed by atoms with E-state index in [1.54, 1.807) is 6.92 Å². The molecule has 1 aromatic rings. The fraction of sp³-hybridized carbons (Fsp3) is 0.667. The van der Waals surface area contributed by atoms with Gasteiger partial charge in [-0.1, -0.05) is 25.9 Å². The molecule has 0 aliphatic rings. The molecule has 15 heavy (non-hydrogen) atoms. The maximum absolute atomic E-state index is 11.6. The van der Waals surface area contributed by atoms with Gasteiger partial charge in [0.25, 0.3) is 0 Å². The number of anilines is 1. The van der Waals surface area contributed by atoms with E-state index in [9.17, 15) is 4.79 Å². The second-order valence-corrected chi connectivity index (χ2v) is 4.46. The number of nitrogens with one attached hydrogen (secondary N) is 1. The second kappa shape index (κ2) is 3.98. The average Bonchev–Trinajstić information content (AvgIpc) is 2.48. The van der Waals surface area contributed by atoms with E-state index in [1.165, 1.54) is 0 Å². The van der Waals surface area contributed by atoms with Gasteiger partial charge in [0.15, 0.2) is 0 Å². The number of carbonyl (C=O) groups excluding carboxylic acids is 1. The van der Waals surface area contributed by atoms with Gasteiger partial charge in [0.2, 0.25) is 11.8 Å². The zero-order chi connectivity index (χ0) is 11.6. The van der Waals surface area contributed by atoms with E-state index in [1.807, 2.05) is 20.8 Å². The minimum Gasteiger partial charge on any atom is -0.408 e. The SMILES string of the molecule is Cc1nnc(NC(=O)[C@@H](N)C(C)(C)C)o1. The summed E-state index contributed by atoms with van der Waals surface area (Å²) in [5, 5.41) is 9.70. The zero-order valence-electron chi connectivity index (χ0n) is 9.37. The quantitative estimate of drug-likeness (QED) is 0.752. The van der Waals surface area contributed by atoms with Gasteiger partial charge in [-0.05, 0) is 5.41 Å². The first-order valence-corrected chi connectivity index (χ1v) is 4.67. The fourth-order valence-corrected chi connectivity index (χ4v) is 0.924. The predicted molar refractivity (Wildman–Crippen MR) is 55.1 cm³/mol. The highest BCUT2D eigenvalue weighted by atomic mass is 16.4. The minimum atomic E-state index is -0.621. The molecule has 3 N–H and O–H groups in total. The van der Waals surface area contributed by atoms with Crippen LogP contribution in [-0.4, -0.2) is 22.1 Å². The lowest BCUT2D eigenvalue weighted by Crippen LogP contribution is -2.45. The van der Waals surface area contributed by atoms with E-state index in [2.05, 4.69) is 15.5 Å². The molecule has 0 saturated heterocycles. The third-order valence-corrected chi connectivity index (χ3v) is 1.97. The topological polar surface area (TPSA) is 94.0 Å². The summed E-state index contributed by atoms with van der Waals surface area (Å²) < 4.78 is 5.01. The smallest absolute Gasteiger partial charge is 0.322 e. The maximum atomic E-state index is 11.6. The van der Waals surface area contributed by atoms with Crippen LogP contribution in [0.2, 0.25) is 0 Å². The molecule has 84 valence electrons. The second-order valence-electron chi connectivity index (χ2n) is 4.46. The van der Waals surface area contributed by atoms with Crippen molar-refractivity contribution >= 4 is 11.9 Å². The fourth-order valence-electron chi connectivity index (χ4n) is 0.924. The largest absolute Gasteiger partial charge is 0.408 e. The van der Waals surface area contributed by atoms with Crippen LogP contribution < -0.4 is 11.1 Å². The van der Waals surface area contributed by atoms with Gasteiger partial charge in [-0.15, -0.1) is 5.10 Å². The van der Waals surface area contributed by atoms with Crippen molar-refractivity contribution in [3.63, 3.8) is 0 Å². The Morgan fingerprint density at radius 3 is 2.47 bits per heavy atom. The molecular weight excluding hydrogens is 196 g/mol. The molecular formula is C9H16N4O2. The van der Waals surface area contributed by atoms with Gasteiger partial charge in [-0.25, -0.2) is 0 Å². The molecule has 0 spiro atoms. The lowest BCUT2D eigenvalue weighted by molar-refractivity contribution is -0.119. The van der Waals surface area contributed by atoms with Gasteiger partial charge in [-0.2, -0.15) is 0 Å². The van der Waals surface area contributed by atoms with Crippen LogP contribution in [0.15, 0.2) is 4.42 Å². The van der Waals surface area contributed by atoms with E-state index in [0.717, 1.165) is 0 Å². The van der Waals surface area contributed by atoms with Gasteiger partial charge in [0.05, 0.1) is 6.04 Å². The zero-order valence-corrected chi connectivity index (χ0v) is 9.37. The van der Waals surface area contributed by atoms with Crippen molar-refractivity contribution in [3.05, 3.63) is 5.89 Å². The summed E-state index contributed by atoms with van der Waals surface area (Å²) in [6, 6.07) is -0.540. The lowest BCUT2D eigenvalue weighted by Gasteiger charge is -2.24. The van der Waals surface area contributed by atoms with Gasteiger partial charge >= 0.3 is 6.01 Å². The van der Waals surface area contributed by atoms with Gasteiger partial charge in [-0.3, -0.25) is 10.1 Å². The molecule has 1 atom stereocenters. The Balaban J connectivity index is 2.64. The average molecular weight is 212 g/mol. The van der Waals surface area contributed by atoms with Crippen molar-refractivity contribution in [1.29, 1.82) is 0 Å². The maximum Gasteiger partial charge on any atom is 0.322 e. The summed E-state index contributed by atoms with van der Waals surface area (Å²) in [4.78, 5) is 11.6. The molecule has 0 unspecified atom stereocenters. The summed E-state index contributed by atoms with van der Waals surface area (Å²) in [6.45, 7) is 7.30. The molecule has 6 heteroatoms. The molecule has 0 saturated carbocycles. The monoisotopic (exact) mass is 212 g/mol. The van der Waals surface area contributed by atoms with E-state index >= 15 is 0 Å². The van der Waals surface area contributed by atoms with Crippen molar-refractivity contribution in [2.24, 2.45) is 11.1 Å². The van der Waals surface area contributed by atoms with Crippen molar-refractivity contribution < 1.29 is 9.21 Å². The van der Waals surface area contributed by atoms with Crippen LogP contribution in [0.4, 0.5) is 6.01 Å². The number of nitrogens with zero attached hydrogens (tertiary/aromatic N) is 2. The van der Waals surface area contributed by atoms with Crippen molar-refractivity contribution in [1.82, 2.24) is 10.2 Å². The molecule has 0 aromatic carbocycles. The number of aryl methyl sites for hydroxylation is 1. The van der Waals surface area contributed by atoms with Gasteiger partial charge in [0, 0.05) is 6.92 Å². The summed E-state index contributed by atoms with van der Waals surface area (Å²) >= 11 is 0. The third kappa shape index (κ3) is 3.02. The van der Waals surface area contributed by atoms with Crippen LogP contribution >= 0.6 is 0 Å². The van der Waals surface area contributed by atoms with Crippen LogP contribution in [0.3, 0.4) is 0 Å². The number of hydrogen-bond donors (Lipinski definition) is 2. The van der Waals surface area contributed by atoms with E-state index in [0.29, 0.717) is 5.89 Å². The Bertz CT molecular complexity index is 353. The number of aromatic nitrogens is 2. The minimum absolute atomic E-state index is 0.0807. The predicted octanol–water partition coefficient (Wildman–Crippen LogP) is 0.690. The third-order valence-electron chi connectivity index (χ3n) is 1.97. The molecule has 1 rings (SSSR count). The van der Waals surface area contributed by atoms with E-state index < -0.39 is 6.04 Å². The highest BCUT2D eigenvalue weighted by molar-refractivity contribution is 5.93. The summed E-state index contributed by atoms with van der Waals surface area (Å²) in [6.07, 6.45) is 0. The van der Waals surface area contributed by atoms with Crippen molar-refractivity contribution in [3.8, 4) is 0 Å². The molecule has 1 aromatic heterocycles. The number of amides is 1. The Kier molecular flexibility index (Phi) is 3.09. The first-order valence-electron chi connectivity index (χ1n) is 4.67. The van der Waals surface area contributed by atoms with Crippen LogP contribution in [0.5, 0.6) is 0 Å². The van der Waals surface area contributed by atoms with Gasteiger partial charge in [0.1, 0.15) is 0 Å². The molecule has 1 heterocycles. The molecule has 0 aliphatic heterocycles. The van der Waals surface area contributed by atoms with Crippen LogP contribution in [0.1, 0.15) is 26.7 Å². The molecule has 0 bridgehead atoms. The Morgan fingerprint density at radius 1 is 1.47 bits per heavy atom. The first kappa shape index (κ1) is 11.6. The molecule has 6 nitrogen and oxygen atoms in total. The molecule has 0 fully saturated rings. The lowest BCUT2D eigenvalue weighted by atomic mass is 9.87. The van der Waals surface area contributed by atoms with Crippen molar-refractivity contribution in [2.45, 2.75) is 33.7 Å². The Labute approximate surface area is 88.2 Å². The van der Waals surface area contributed by atoms with Crippen LogP contribution in [-0.2, 0) is 4.79 Å². The normalized spacial score (nSPS) is 13.7. The number of carbonyl (C=O) groups is 1. The molecule has 1 amide bonds. The summed E-state index contributed by atoms with van der Waals surface area (Å²) in [7, 11) is 0. The Morgan fingerprint density at radius 2 is 2.07 bits per heavy atom. The number of rotatable bonds is 2.